The Bertz CT molecular complexity index is 1080. The van der Waals surface area contributed by atoms with E-state index in [1.54, 1.807) is 22.7 Å². The molecule has 0 saturated heterocycles. The quantitative estimate of drug-likeness (QED) is 0.321. The number of fused-ring (bicyclic) bond motifs is 2. The number of para-hydroxylation sites is 1. The largest absolute Gasteiger partial charge is 0.310 e. The Morgan fingerprint density at radius 2 is 1.08 bits per heavy atom. The first kappa shape index (κ1) is 14.7. The van der Waals surface area contributed by atoms with Crippen LogP contribution in [0.5, 0.6) is 0 Å². The lowest BCUT2D eigenvalue weighted by molar-refractivity contribution is 1.30. The monoisotopic (exact) mass is 357 g/mol. The highest BCUT2D eigenvalue weighted by atomic mass is 32.1. The average molecular weight is 358 g/mol. The van der Waals surface area contributed by atoms with Crippen molar-refractivity contribution in [2.45, 2.75) is 0 Å². The zero-order valence-corrected chi connectivity index (χ0v) is 15.1. The van der Waals surface area contributed by atoms with Gasteiger partial charge in [0.05, 0.1) is 0 Å². The van der Waals surface area contributed by atoms with Crippen molar-refractivity contribution in [2.24, 2.45) is 0 Å². The summed E-state index contributed by atoms with van der Waals surface area (Å²) in [5.74, 6) is 0. The van der Waals surface area contributed by atoms with E-state index in [1.807, 2.05) is 0 Å². The van der Waals surface area contributed by atoms with E-state index in [1.165, 1.54) is 37.2 Å². The number of benzene rings is 3. The maximum atomic E-state index is 2.33. The second-order valence-electron chi connectivity index (χ2n) is 5.96. The zero-order chi connectivity index (χ0) is 16.6. The summed E-state index contributed by atoms with van der Waals surface area (Å²) in [6, 6.07) is 28.4. The molecular weight excluding hydrogens is 342 g/mol. The van der Waals surface area contributed by atoms with Gasteiger partial charge < -0.3 is 4.90 Å². The first-order chi connectivity index (χ1) is 12.4. The van der Waals surface area contributed by atoms with Gasteiger partial charge in [-0.2, -0.15) is 0 Å². The molecule has 0 spiro atoms. The number of anilines is 3. The molecule has 0 aliphatic carbocycles. The van der Waals surface area contributed by atoms with Crippen molar-refractivity contribution >= 4 is 59.9 Å². The predicted octanol–water partition coefficient (Wildman–Crippen LogP) is 7.59. The summed E-state index contributed by atoms with van der Waals surface area (Å²) in [6.45, 7) is 0. The molecule has 0 aliphatic rings. The molecule has 0 N–H and O–H groups in total. The van der Waals surface area contributed by atoms with E-state index in [2.05, 4.69) is 94.5 Å². The molecule has 0 unspecified atom stereocenters. The smallest absolute Gasteiger partial charge is 0.0468 e. The molecule has 2 heterocycles. The SMILES string of the molecule is c1ccc(N(c2ccc3sccc3c2)c2ccc3sccc3c2)cc1. The molecule has 3 heteroatoms. The van der Waals surface area contributed by atoms with Crippen LogP contribution in [0, 0.1) is 0 Å². The third kappa shape index (κ3) is 2.62. The molecule has 0 atom stereocenters. The number of thiophene rings is 2. The van der Waals surface area contributed by atoms with Gasteiger partial charge in [0.15, 0.2) is 0 Å². The first-order valence-corrected chi connectivity index (χ1v) is 9.94. The van der Waals surface area contributed by atoms with Crippen LogP contribution in [0.4, 0.5) is 17.1 Å². The van der Waals surface area contributed by atoms with E-state index < -0.39 is 0 Å². The molecule has 120 valence electrons. The third-order valence-corrected chi connectivity index (χ3v) is 6.20. The maximum Gasteiger partial charge on any atom is 0.0468 e. The molecule has 0 saturated carbocycles. The molecule has 25 heavy (non-hydrogen) atoms. The van der Waals surface area contributed by atoms with Crippen LogP contribution >= 0.6 is 22.7 Å². The second kappa shape index (κ2) is 6.03. The molecule has 0 fully saturated rings. The van der Waals surface area contributed by atoms with Gasteiger partial charge in [-0.3, -0.25) is 0 Å². The molecular formula is C22H15NS2. The van der Waals surface area contributed by atoms with E-state index in [9.17, 15) is 0 Å². The Kier molecular flexibility index (Phi) is 3.54. The Morgan fingerprint density at radius 3 is 1.64 bits per heavy atom. The number of rotatable bonds is 3. The van der Waals surface area contributed by atoms with Gasteiger partial charge in [0.25, 0.3) is 0 Å². The van der Waals surface area contributed by atoms with Crippen LogP contribution in [-0.4, -0.2) is 0 Å². The summed E-state index contributed by atoms with van der Waals surface area (Å²) in [4.78, 5) is 2.33. The van der Waals surface area contributed by atoms with Crippen LogP contribution in [0.15, 0.2) is 89.6 Å². The van der Waals surface area contributed by atoms with Crippen molar-refractivity contribution in [2.75, 3.05) is 4.90 Å². The van der Waals surface area contributed by atoms with Crippen molar-refractivity contribution in [3.05, 3.63) is 89.6 Å². The molecule has 0 amide bonds. The Morgan fingerprint density at radius 1 is 0.520 bits per heavy atom. The maximum absolute atomic E-state index is 2.33. The molecule has 0 bridgehead atoms. The van der Waals surface area contributed by atoms with Gasteiger partial charge in [0.2, 0.25) is 0 Å². The summed E-state index contributed by atoms with van der Waals surface area (Å²) >= 11 is 3.57. The van der Waals surface area contributed by atoms with Crippen LogP contribution in [0.3, 0.4) is 0 Å². The summed E-state index contributed by atoms with van der Waals surface area (Å²) < 4.78 is 2.65. The number of hydrogen-bond donors (Lipinski definition) is 0. The van der Waals surface area contributed by atoms with Gasteiger partial charge in [-0.1, -0.05) is 18.2 Å². The highest BCUT2D eigenvalue weighted by Gasteiger charge is 2.13. The Balaban J connectivity index is 1.72. The molecule has 5 aromatic rings. The highest BCUT2D eigenvalue weighted by Crippen LogP contribution is 2.38. The normalized spacial score (nSPS) is 11.2. The molecule has 3 aromatic carbocycles. The van der Waals surface area contributed by atoms with Crippen LogP contribution < -0.4 is 4.90 Å². The van der Waals surface area contributed by atoms with E-state index in [-0.39, 0.29) is 0 Å². The van der Waals surface area contributed by atoms with Crippen molar-refractivity contribution in [3.63, 3.8) is 0 Å². The summed E-state index contributed by atoms with van der Waals surface area (Å²) in [6.07, 6.45) is 0. The number of nitrogens with zero attached hydrogens (tertiary/aromatic N) is 1. The summed E-state index contributed by atoms with van der Waals surface area (Å²) in [7, 11) is 0. The Hall–Kier alpha value is -2.62. The summed E-state index contributed by atoms with van der Waals surface area (Å²) in [5, 5.41) is 6.89. The second-order valence-corrected chi connectivity index (χ2v) is 7.85. The number of hydrogen-bond acceptors (Lipinski definition) is 3. The topological polar surface area (TPSA) is 3.24 Å². The standard InChI is InChI=1S/C22H15NS2/c1-2-4-18(5-3-1)23(19-6-8-21-16(14-19)10-12-24-21)20-7-9-22-17(15-20)11-13-25-22/h1-15H. The van der Waals surface area contributed by atoms with Gasteiger partial charge >= 0.3 is 0 Å². The van der Waals surface area contributed by atoms with Crippen LogP contribution in [-0.2, 0) is 0 Å². The van der Waals surface area contributed by atoms with Gasteiger partial charge in [-0.05, 0) is 82.2 Å². The van der Waals surface area contributed by atoms with Crippen LogP contribution in [0.2, 0.25) is 0 Å². The van der Waals surface area contributed by atoms with Crippen LogP contribution in [0.1, 0.15) is 0 Å². The fourth-order valence-corrected chi connectivity index (χ4v) is 4.75. The van der Waals surface area contributed by atoms with Gasteiger partial charge in [-0.25, -0.2) is 0 Å². The van der Waals surface area contributed by atoms with E-state index >= 15 is 0 Å². The lowest BCUT2D eigenvalue weighted by atomic mass is 10.1. The lowest BCUT2D eigenvalue weighted by Crippen LogP contribution is -2.09. The Labute approximate surface area is 154 Å². The summed E-state index contributed by atoms with van der Waals surface area (Å²) in [5.41, 5.74) is 3.55. The van der Waals surface area contributed by atoms with Crippen molar-refractivity contribution in [3.8, 4) is 0 Å². The van der Waals surface area contributed by atoms with E-state index in [0.717, 1.165) is 0 Å². The predicted molar refractivity (Wildman–Crippen MR) is 112 cm³/mol. The minimum atomic E-state index is 1.17. The zero-order valence-electron chi connectivity index (χ0n) is 13.4. The fourth-order valence-electron chi connectivity index (χ4n) is 3.21. The van der Waals surface area contributed by atoms with E-state index in [4.69, 9.17) is 0 Å². The van der Waals surface area contributed by atoms with Crippen molar-refractivity contribution in [1.82, 2.24) is 0 Å². The molecule has 2 aromatic heterocycles. The van der Waals surface area contributed by atoms with Gasteiger partial charge in [0, 0.05) is 26.5 Å². The lowest BCUT2D eigenvalue weighted by Gasteiger charge is -2.25. The minimum absolute atomic E-state index is 1.17. The van der Waals surface area contributed by atoms with Crippen molar-refractivity contribution < 1.29 is 0 Å². The molecule has 0 radical (unpaired) electrons. The fraction of sp³-hybridized carbons (Fsp3) is 0. The third-order valence-electron chi connectivity index (χ3n) is 4.40. The molecule has 1 nitrogen and oxygen atoms in total. The highest BCUT2D eigenvalue weighted by molar-refractivity contribution is 7.17. The minimum Gasteiger partial charge on any atom is -0.310 e. The van der Waals surface area contributed by atoms with Crippen molar-refractivity contribution in [1.29, 1.82) is 0 Å². The van der Waals surface area contributed by atoms with Gasteiger partial charge in [0.1, 0.15) is 0 Å². The van der Waals surface area contributed by atoms with Gasteiger partial charge in [-0.15, -0.1) is 22.7 Å². The first-order valence-electron chi connectivity index (χ1n) is 8.18. The molecule has 0 aliphatic heterocycles. The molecule has 5 rings (SSSR count). The van der Waals surface area contributed by atoms with E-state index in [0.29, 0.717) is 0 Å². The van der Waals surface area contributed by atoms with Crippen LogP contribution in [0.25, 0.3) is 20.2 Å². The average Bonchev–Trinajstić information content (AvgIpc) is 3.31.